The van der Waals surface area contributed by atoms with Crippen molar-refractivity contribution in [3.05, 3.63) is 169 Å². The lowest BCUT2D eigenvalue weighted by Crippen LogP contribution is -1.94. The van der Waals surface area contributed by atoms with E-state index < -0.39 is 0 Å². The highest BCUT2D eigenvalue weighted by Gasteiger charge is 2.31. The van der Waals surface area contributed by atoms with Crippen LogP contribution in [0.2, 0.25) is 0 Å². The molecule has 1 aliphatic rings. The van der Waals surface area contributed by atoms with Gasteiger partial charge in [-0.1, -0.05) is 140 Å². The molecule has 0 heterocycles. The van der Waals surface area contributed by atoms with Gasteiger partial charge >= 0.3 is 0 Å². The molecule has 0 unspecified atom stereocenters. The third-order valence-electron chi connectivity index (χ3n) is 10.2. The third-order valence-corrected chi connectivity index (χ3v) is 10.2. The summed E-state index contributed by atoms with van der Waals surface area (Å²) in [6.45, 7) is 0. The Kier molecular flexibility index (Phi) is 5.71. The molecule has 48 heavy (non-hydrogen) atoms. The summed E-state index contributed by atoms with van der Waals surface area (Å²) in [4.78, 5) is 0. The van der Waals surface area contributed by atoms with Gasteiger partial charge in [-0.15, -0.1) is 0 Å². The minimum Gasteiger partial charge on any atom is -0.192 e. The maximum Gasteiger partial charge on any atom is 0.0991 e. The molecular weight excluding hydrogens is 579 g/mol. The Morgan fingerprint density at radius 2 is 0.854 bits per heavy atom. The van der Waals surface area contributed by atoms with Crippen LogP contribution in [0.4, 0.5) is 0 Å². The molecule has 0 radical (unpaired) electrons. The van der Waals surface area contributed by atoms with Crippen LogP contribution in [0.5, 0.6) is 0 Å². The van der Waals surface area contributed by atoms with Gasteiger partial charge < -0.3 is 0 Å². The maximum absolute atomic E-state index is 9.69. The zero-order valence-electron chi connectivity index (χ0n) is 26.0. The summed E-state index contributed by atoms with van der Waals surface area (Å²) in [5, 5.41) is 19.6. The second-order valence-electron chi connectivity index (χ2n) is 12.8. The Balaban J connectivity index is 1.37. The van der Waals surface area contributed by atoms with Gasteiger partial charge in [0.1, 0.15) is 0 Å². The fourth-order valence-corrected chi connectivity index (χ4v) is 8.10. The SMILES string of the molecule is N#Cc1cccc(-c2ccc3c4c(cccc24)-c2c-3c(-c3ccc4ccccc4c3)c3ccccc3c2-c2ccc3ccccc3c2)c1. The molecule has 220 valence electrons. The average Bonchev–Trinajstić information content (AvgIpc) is 3.48. The average molecular weight is 606 g/mol. The van der Waals surface area contributed by atoms with E-state index in [2.05, 4.69) is 152 Å². The molecule has 9 aromatic rings. The van der Waals surface area contributed by atoms with Crippen molar-refractivity contribution in [2.45, 2.75) is 0 Å². The number of nitriles is 1. The molecule has 1 heteroatoms. The van der Waals surface area contributed by atoms with Gasteiger partial charge in [-0.05, 0) is 123 Å². The molecule has 10 rings (SSSR count). The number of rotatable bonds is 3. The molecule has 0 bridgehead atoms. The van der Waals surface area contributed by atoms with Gasteiger partial charge in [0.15, 0.2) is 0 Å². The Labute approximate surface area is 278 Å². The first kappa shape index (κ1) is 26.7. The van der Waals surface area contributed by atoms with Crippen LogP contribution >= 0.6 is 0 Å². The number of benzene rings is 9. The fourth-order valence-electron chi connectivity index (χ4n) is 8.10. The summed E-state index contributed by atoms with van der Waals surface area (Å²) < 4.78 is 0. The number of nitrogens with zero attached hydrogens (tertiary/aromatic N) is 1. The van der Waals surface area contributed by atoms with E-state index >= 15 is 0 Å². The van der Waals surface area contributed by atoms with Crippen molar-refractivity contribution in [2.24, 2.45) is 0 Å². The Morgan fingerprint density at radius 3 is 1.48 bits per heavy atom. The van der Waals surface area contributed by atoms with Gasteiger partial charge in [-0.25, -0.2) is 0 Å². The third kappa shape index (κ3) is 3.84. The second-order valence-corrected chi connectivity index (χ2v) is 12.8. The number of fused-ring (bicyclic) bond motifs is 6. The van der Waals surface area contributed by atoms with Gasteiger partial charge in [-0.3, -0.25) is 0 Å². The monoisotopic (exact) mass is 605 g/mol. The molecule has 1 nitrogen and oxygen atoms in total. The van der Waals surface area contributed by atoms with Gasteiger partial charge in [0.2, 0.25) is 0 Å². The zero-order valence-corrected chi connectivity index (χ0v) is 26.0. The van der Waals surface area contributed by atoms with Crippen molar-refractivity contribution >= 4 is 43.1 Å². The molecule has 0 saturated carbocycles. The van der Waals surface area contributed by atoms with Crippen LogP contribution in [-0.4, -0.2) is 0 Å². The van der Waals surface area contributed by atoms with E-state index in [1.165, 1.54) is 87.6 Å². The minimum absolute atomic E-state index is 0.669. The summed E-state index contributed by atoms with van der Waals surface area (Å²) in [6.07, 6.45) is 0. The fraction of sp³-hybridized carbons (Fsp3) is 0. The van der Waals surface area contributed by atoms with Gasteiger partial charge in [0.25, 0.3) is 0 Å². The molecule has 0 spiro atoms. The zero-order chi connectivity index (χ0) is 31.8. The molecule has 0 atom stereocenters. The van der Waals surface area contributed by atoms with E-state index in [-0.39, 0.29) is 0 Å². The predicted octanol–water partition coefficient (Wildman–Crippen LogP) is 12.8. The minimum atomic E-state index is 0.669. The van der Waals surface area contributed by atoms with Crippen molar-refractivity contribution in [3.63, 3.8) is 0 Å². The summed E-state index contributed by atoms with van der Waals surface area (Å²) >= 11 is 0. The van der Waals surface area contributed by atoms with Crippen molar-refractivity contribution in [1.29, 1.82) is 5.26 Å². The number of hydrogen-bond acceptors (Lipinski definition) is 1. The summed E-state index contributed by atoms with van der Waals surface area (Å²) in [5.41, 5.74) is 12.9. The first-order chi connectivity index (χ1) is 23.8. The molecule has 0 saturated heterocycles. The van der Waals surface area contributed by atoms with Crippen molar-refractivity contribution < 1.29 is 0 Å². The highest BCUT2D eigenvalue weighted by Crippen LogP contribution is 2.58. The molecule has 0 amide bonds. The lowest BCUT2D eigenvalue weighted by atomic mass is 9.82. The van der Waals surface area contributed by atoms with Crippen LogP contribution in [0.1, 0.15) is 5.56 Å². The van der Waals surface area contributed by atoms with Crippen LogP contribution in [-0.2, 0) is 0 Å². The van der Waals surface area contributed by atoms with Crippen molar-refractivity contribution in [2.75, 3.05) is 0 Å². The summed E-state index contributed by atoms with van der Waals surface area (Å²) in [5.74, 6) is 0. The Bertz CT molecular complexity index is 2720. The van der Waals surface area contributed by atoms with E-state index in [9.17, 15) is 5.26 Å². The smallest absolute Gasteiger partial charge is 0.0991 e. The molecular formula is C47H27N. The first-order valence-corrected chi connectivity index (χ1v) is 16.4. The van der Waals surface area contributed by atoms with Gasteiger partial charge in [0, 0.05) is 0 Å². The molecule has 0 aliphatic heterocycles. The van der Waals surface area contributed by atoms with E-state index in [1.54, 1.807) is 0 Å². The Hall–Kier alpha value is -6.49. The molecule has 1 aliphatic carbocycles. The highest BCUT2D eigenvalue weighted by atomic mass is 14.3. The lowest BCUT2D eigenvalue weighted by Gasteiger charge is -2.21. The van der Waals surface area contributed by atoms with Crippen LogP contribution in [0, 0.1) is 11.3 Å². The van der Waals surface area contributed by atoms with Gasteiger partial charge in [-0.2, -0.15) is 5.26 Å². The van der Waals surface area contributed by atoms with Crippen LogP contribution in [0.15, 0.2) is 164 Å². The largest absolute Gasteiger partial charge is 0.192 e. The van der Waals surface area contributed by atoms with Gasteiger partial charge in [0.05, 0.1) is 11.6 Å². The normalized spacial score (nSPS) is 11.7. The van der Waals surface area contributed by atoms with Crippen LogP contribution in [0.25, 0.3) is 98.7 Å². The van der Waals surface area contributed by atoms with E-state index in [1.807, 2.05) is 18.2 Å². The van der Waals surface area contributed by atoms with Crippen molar-refractivity contribution in [1.82, 2.24) is 0 Å². The van der Waals surface area contributed by atoms with Crippen molar-refractivity contribution in [3.8, 4) is 61.7 Å². The highest BCUT2D eigenvalue weighted by molar-refractivity contribution is 6.29. The summed E-state index contributed by atoms with van der Waals surface area (Å²) in [7, 11) is 0. The molecule has 9 aromatic carbocycles. The first-order valence-electron chi connectivity index (χ1n) is 16.4. The van der Waals surface area contributed by atoms with E-state index in [0.717, 1.165) is 11.1 Å². The van der Waals surface area contributed by atoms with Crippen LogP contribution < -0.4 is 0 Å². The predicted molar refractivity (Wildman–Crippen MR) is 202 cm³/mol. The van der Waals surface area contributed by atoms with E-state index in [4.69, 9.17) is 0 Å². The van der Waals surface area contributed by atoms with E-state index in [0.29, 0.717) is 5.56 Å². The topological polar surface area (TPSA) is 23.8 Å². The summed E-state index contributed by atoms with van der Waals surface area (Å²) in [6, 6.07) is 61.6. The Morgan fingerprint density at radius 1 is 0.333 bits per heavy atom. The standard InChI is InChI=1S/C47H27N/c48-28-29-9-7-14-34(25-29)37-23-24-42-45-38(37)17-8-18-41(45)46-43(35-21-19-30-10-1-3-12-32(30)26-35)39-15-5-6-16-40(39)44(47(42)46)36-22-20-31-11-2-4-13-33(31)27-36/h1-27H. The van der Waals surface area contributed by atoms with Crippen LogP contribution in [0.3, 0.4) is 0 Å². The maximum atomic E-state index is 9.69. The quantitative estimate of drug-likeness (QED) is 0.197. The molecule has 0 N–H and O–H groups in total. The lowest BCUT2D eigenvalue weighted by molar-refractivity contribution is 1.48. The second kappa shape index (κ2) is 10.3. The number of hydrogen-bond donors (Lipinski definition) is 0. The molecule has 0 aromatic heterocycles. The molecule has 0 fully saturated rings.